The zero-order valence-electron chi connectivity index (χ0n) is 11.5. The van der Waals surface area contributed by atoms with Gasteiger partial charge in [0, 0.05) is 11.0 Å². The van der Waals surface area contributed by atoms with Crippen LogP contribution in [-0.4, -0.2) is 22.2 Å². The minimum Gasteiger partial charge on any atom is -0.392 e. The van der Waals surface area contributed by atoms with Crippen LogP contribution in [0.1, 0.15) is 42.4 Å². The number of aliphatic hydroxyl groups is 1. The second kappa shape index (κ2) is 6.63. The van der Waals surface area contributed by atoms with Crippen molar-refractivity contribution in [2.24, 2.45) is 0 Å². The molecular weight excluding hydrogens is 240 g/mol. The van der Waals surface area contributed by atoms with Crippen molar-refractivity contribution < 1.29 is 5.11 Å². The third kappa shape index (κ3) is 4.33. The van der Waals surface area contributed by atoms with Crippen molar-refractivity contribution in [3.8, 4) is 0 Å². The van der Waals surface area contributed by atoms with Crippen LogP contribution in [0.15, 0.2) is 18.2 Å². The largest absolute Gasteiger partial charge is 0.392 e. The van der Waals surface area contributed by atoms with Gasteiger partial charge in [-0.15, -0.1) is 0 Å². The molecule has 2 rings (SSSR count). The van der Waals surface area contributed by atoms with E-state index in [1.807, 2.05) is 11.8 Å². The summed E-state index contributed by atoms with van der Waals surface area (Å²) in [6, 6.07) is 6.57. The molecule has 100 valence electrons. The van der Waals surface area contributed by atoms with Gasteiger partial charge in [-0.1, -0.05) is 42.2 Å². The third-order valence-corrected chi connectivity index (χ3v) is 5.10. The van der Waals surface area contributed by atoms with Crippen molar-refractivity contribution in [3.63, 3.8) is 0 Å². The number of hydrogen-bond donors (Lipinski definition) is 1. The van der Waals surface area contributed by atoms with Crippen LogP contribution < -0.4 is 0 Å². The Balaban J connectivity index is 1.80. The van der Waals surface area contributed by atoms with Gasteiger partial charge in [0.25, 0.3) is 0 Å². The van der Waals surface area contributed by atoms with Crippen molar-refractivity contribution in [1.82, 2.24) is 0 Å². The summed E-state index contributed by atoms with van der Waals surface area (Å²) in [7, 11) is 0. The molecule has 1 nitrogen and oxygen atoms in total. The van der Waals surface area contributed by atoms with Crippen molar-refractivity contribution in [1.29, 1.82) is 0 Å². The molecule has 1 atom stereocenters. The molecule has 1 aliphatic carbocycles. The van der Waals surface area contributed by atoms with Crippen molar-refractivity contribution in [3.05, 3.63) is 34.9 Å². The van der Waals surface area contributed by atoms with Crippen molar-refractivity contribution in [2.45, 2.75) is 57.3 Å². The molecule has 1 aromatic rings. The molecule has 0 radical (unpaired) electrons. The molecule has 0 amide bonds. The van der Waals surface area contributed by atoms with E-state index >= 15 is 0 Å². The minimum absolute atomic E-state index is 0.197. The van der Waals surface area contributed by atoms with E-state index in [0.29, 0.717) is 0 Å². The maximum absolute atomic E-state index is 10.1. The second-order valence-electron chi connectivity index (χ2n) is 5.59. The first-order valence-electron chi connectivity index (χ1n) is 7.00. The van der Waals surface area contributed by atoms with Gasteiger partial charge in [-0.05, 0) is 38.7 Å². The van der Waals surface area contributed by atoms with E-state index in [9.17, 15) is 5.11 Å². The maximum atomic E-state index is 10.1. The fourth-order valence-corrected chi connectivity index (χ4v) is 4.10. The molecule has 0 saturated heterocycles. The smallest absolute Gasteiger partial charge is 0.0670 e. The highest BCUT2D eigenvalue weighted by molar-refractivity contribution is 7.99. The summed E-state index contributed by atoms with van der Waals surface area (Å²) in [6.45, 7) is 4.24. The Hall–Kier alpha value is -0.470. The molecule has 0 heterocycles. The number of rotatable bonds is 5. The predicted octanol–water partition coefficient (Wildman–Crippen LogP) is 3.88. The normalized spacial score (nSPS) is 18.2. The summed E-state index contributed by atoms with van der Waals surface area (Å²) >= 11 is 1.97. The highest BCUT2D eigenvalue weighted by Crippen LogP contribution is 2.30. The lowest BCUT2D eigenvalue weighted by Crippen LogP contribution is -2.15. The van der Waals surface area contributed by atoms with E-state index in [0.717, 1.165) is 17.4 Å². The number of benzene rings is 1. The predicted molar refractivity (Wildman–Crippen MR) is 80.3 cm³/mol. The summed E-state index contributed by atoms with van der Waals surface area (Å²) in [5.41, 5.74) is 3.85. The molecule has 1 aromatic carbocycles. The van der Waals surface area contributed by atoms with Crippen LogP contribution in [0.5, 0.6) is 0 Å². The first-order valence-corrected chi connectivity index (χ1v) is 8.05. The van der Waals surface area contributed by atoms with E-state index in [1.165, 1.54) is 42.4 Å². The highest BCUT2D eigenvalue weighted by Gasteiger charge is 2.17. The molecule has 1 N–H and O–H groups in total. The quantitative estimate of drug-likeness (QED) is 0.871. The zero-order valence-corrected chi connectivity index (χ0v) is 12.3. The van der Waals surface area contributed by atoms with Gasteiger partial charge in [0.05, 0.1) is 6.10 Å². The molecule has 18 heavy (non-hydrogen) atoms. The summed E-state index contributed by atoms with van der Waals surface area (Å²) in [4.78, 5) is 0. The highest BCUT2D eigenvalue weighted by atomic mass is 32.2. The minimum atomic E-state index is -0.197. The van der Waals surface area contributed by atoms with Gasteiger partial charge in [0.1, 0.15) is 0 Å². The van der Waals surface area contributed by atoms with Crippen LogP contribution in [-0.2, 0) is 6.42 Å². The monoisotopic (exact) mass is 264 g/mol. The molecule has 0 bridgehead atoms. The van der Waals surface area contributed by atoms with Gasteiger partial charge in [-0.25, -0.2) is 0 Å². The Morgan fingerprint density at radius 1 is 1.17 bits per heavy atom. The summed E-state index contributed by atoms with van der Waals surface area (Å²) in [5, 5.41) is 10.9. The van der Waals surface area contributed by atoms with E-state index < -0.39 is 0 Å². The Morgan fingerprint density at radius 3 is 2.39 bits per heavy atom. The molecule has 1 unspecified atom stereocenters. The Bertz CT molecular complexity index is 362. The van der Waals surface area contributed by atoms with Gasteiger partial charge in [0.15, 0.2) is 0 Å². The van der Waals surface area contributed by atoms with E-state index in [4.69, 9.17) is 0 Å². The van der Waals surface area contributed by atoms with Gasteiger partial charge in [0.2, 0.25) is 0 Å². The molecule has 1 aliphatic rings. The van der Waals surface area contributed by atoms with E-state index in [1.54, 1.807) is 0 Å². The van der Waals surface area contributed by atoms with Crippen LogP contribution in [0.3, 0.4) is 0 Å². The van der Waals surface area contributed by atoms with Crippen LogP contribution in [0.4, 0.5) is 0 Å². The standard InChI is InChI=1S/C16H24OS/c1-12-7-13(2)9-14(8-12)10-15(17)11-18-16-5-3-4-6-16/h7-9,15-17H,3-6,10-11H2,1-2H3. The summed E-state index contributed by atoms with van der Waals surface area (Å²) in [6.07, 6.45) is 6.05. The Morgan fingerprint density at radius 2 is 1.78 bits per heavy atom. The molecule has 2 heteroatoms. The third-order valence-electron chi connectivity index (χ3n) is 3.58. The molecular formula is C16H24OS. The fourth-order valence-electron chi connectivity index (χ4n) is 2.82. The average Bonchev–Trinajstić information content (AvgIpc) is 2.77. The Kier molecular flexibility index (Phi) is 5.13. The summed E-state index contributed by atoms with van der Waals surface area (Å²) < 4.78 is 0. The molecule has 1 fully saturated rings. The topological polar surface area (TPSA) is 20.2 Å². The van der Waals surface area contributed by atoms with Crippen LogP contribution >= 0.6 is 11.8 Å². The van der Waals surface area contributed by atoms with Crippen LogP contribution in [0.25, 0.3) is 0 Å². The lowest BCUT2D eigenvalue weighted by atomic mass is 10.0. The maximum Gasteiger partial charge on any atom is 0.0670 e. The molecule has 0 aromatic heterocycles. The molecule has 0 spiro atoms. The number of hydrogen-bond acceptors (Lipinski definition) is 2. The number of thioether (sulfide) groups is 1. The summed E-state index contributed by atoms with van der Waals surface area (Å²) in [5.74, 6) is 0.887. The van der Waals surface area contributed by atoms with Gasteiger partial charge >= 0.3 is 0 Å². The number of aliphatic hydroxyl groups excluding tert-OH is 1. The first kappa shape index (κ1) is 14.0. The van der Waals surface area contributed by atoms with E-state index in [2.05, 4.69) is 32.0 Å². The van der Waals surface area contributed by atoms with Crippen LogP contribution in [0.2, 0.25) is 0 Å². The fraction of sp³-hybridized carbons (Fsp3) is 0.625. The second-order valence-corrected chi connectivity index (χ2v) is 6.93. The number of aryl methyl sites for hydroxylation is 2. The van der Waals surface area contributed by atoms with Gasteiger partial charge in [-0.2, -0.15) is 11.8 Å². The van der Waals surface area contributed by atoms with Gasteiger partial charge in [-0.3, -0.25) is 0 Å². The van der Waals surface area contributed by atoms with Gasteiger partial charge < -0.3 is 5.11 Å². The van der Waals surface area contributed by atoms with Crippen LogP contribution in [0, 0.1) is 13.8 Å². The SMILES string of the molecule is Cc1cc(C)cc(CC(O)CSC2CCCC2)c1. The average molecular weight is 264 g/mol. The van der Waals surface area contributed by atoms with Crippen molar-refractivity contribution in [2.75, 3.05) is 5.75 Å². The lowest BCUT2D eigenvalue weighted by molar-refractivity contribution is 0.200. The lowest BCUT2D eigenvalue weighted by Gasteiger charge is -2.14. The Labute approximate surface area is 115 Å². The van der Waals surface area contributed by atoms with E-state index in [-0.39, 0.29) is 6.10 Å². The zero-order chi connectivity index (χ0) is 13.0. The first-order chi connectivity index (χ1) is 8.63. The van der Waals surface area contributed by atoms with Crippen molar-refractivity contribution >= 4 is 11.8 Å². The molecule has 0 aliphatic heterocycles. The molecule has 1 saturated carbocycles.